The van der Waals surface area contributed by atoms with Crippen molar-refractivity contribution in [2.24, 2.45) is 5.10 Å². The standard InChI is InChI=1S/C16H16N2O4S/c1-11-3-4-12(2)15(9-11)23(21,22)18-17-10-13-5-7-14(8-6-13)16(19)20/h3-10,18H,1-2H3,(H,19,20). The summed E-state index contributed by atoms with van der Waals surface area (Å²) in [5, 5.41) is 12.5. The SMILES string of the molecule is Cc1ccc(C)c(S(=O)(=O)NN=Cc2ccc(C(=O)O)cc2)c1. The highest BCUT2D eigenvalue weighted by Gasteiger charge is 2.15. The van der Waals surface area contributed by atoms with Gasteiger partial charge in [-0.2, -0.15) is 13.5 Å². The number of aryl methyl sites for hydroxylation is 2. The summed E-state index contributed by atoms with van der Waals surface area (Å²) < 4.78 is 24.5. The van der Waals surface area contributed by atoms with E-state index in [1.54, 1.807) is 31.2 Å². The third-order valence-electron chi connectivity index (χ3n) is 3.18. The van der Waals surface area contributed by atoms with Crippen molar-refractivity contribution in [3.8, 4) is 0 Å². The smallest absolute Gasteiger partial charge is 0.335 e. The first-order chi connectivity index (χ1) is 10.8. The fourth-order valence-corrected chi connectivity index (χ4v) is 3.05. The largest absolute Gasteiger partial charge is 0.478 e. The zero-order valence-electron chi connectivity index (χ0n) is 12.6. The zero-order chi connectivity index (χ0) is 17.0. The Hall–Kier alpha value is -2.67. The summed E-state index contributed by atoms with van der Waals surface area (Å²) in [7, 11) is -3.75. The van der Waals surface area contributed by atoms with E-state index in [4.69, 9.17) is 5.11 Å². The highest BCUT2D eigenvalue weighted by molar-refractivity contribution is 7.89. The van der Waals surface area contributed by atoms with E-state index in [9.17, 15) is 13.2 Å². The van der Waals surface area contributed by atoms with Crippen molar-refractivity contribution in [2.45, 2.75) is 18.7 Å². The molecule has 0 atom stereocenters. The number of hydrogen-bond acceptors (Lipinski definition) is 4. The number of rotatable bonds is 5. The molecule has 0 saturated heterocycles. The second kappa shape index (κ2) is 6.62. The first-order valence-corrected chi connectivity index (χ1v) is 8.23. The molecule has 0 saturated carbocycles. The molecule has 0 aliphatic carbocycles. The molecule has 0 radical (unpaired) electrons. The number of hydrazone groups is 1. The maximum Gasteiger partial charge on any atom is 0.335 e. The van der Waals surface area contributed by atoms with E-state index in [0.717, 1.165) is 5.56 Å². The summed E-state index contributed by atoms with van der Waals surface area (Å²) in [4.78, 5) is 13.1. The minimum Gasteiger partial charge on any atom is -0.478 e. The second-order valence-electron chi connectivity index (χ2n) is 5.05. The molecule has 6 nitrogen and oxygen atoms in total. The fraction of sp³-hybridized carbons (Fsp3) is 0.125. The molecular weight excluding hydrogens is 316 g/mol. The van der Waals surface area contributed by atoms with Crippen LogP contribution in [0.1, 0.15) is 27.0 Å². The van der Waals surface area contributed by atoms with Crippen molar-refractivity contribution < 1.29 is 18.3 Å². The number of nitrogens with one attached hydrogen (secondary N) is 1. The molecule has 0 heterocycles. The lowest BCUT2D eigenvalue weighted by atomic mass is 10.1. The van der Waals surface area contributed by atoms with Gasteiger partial charge in [-0.15, -0.1) is 0 Å². The molecule has 2 aromatic carbocycles. The van der Waals surface area contributed by atoms with Gasteiger partial charge in [0, 0.05) is 0 Å². The van der Waals surface area contributed by atoms with E-state index in [-0.39, 0.29) is 10.5 Å². The van der Waals surface area contributed by atoms with Crippen LogP contribution in [-0.4, -0.2) is 25.7 Å². The lowest BCUT2D eigenvalue weighted by Gasteiger charge is -2.07. The average molecular weight is 332 g/mol. The number of carbonyl (C=O) groups is 1. The van der Waals surface area contributed by atoms with E-state index >= 15 is 0 Å². The first kappa shape index (κ1) is 16.7. The van der Waals surface area contributed by atoms with Gasteiger partial charge in [0.25, 0.3) is 10.0 Å². The minimum atomic E-state index is -3.75. The van der Waals surface area contributed by atoms with Crippen LogP contribution in [-0.2, 0) is 10.0 Å². The van der Waals surface area contributed by atoms with Gasteiger partial charge in [0.05, 0.1) is 16.7 Å². The van der Waals surface area contributed by atoms with E-state index in [1.165, 1.54) is 18.3 Å². The second-order valence-corrected chi connectivity index (χ2v) is 6.68. The third-order valence-corrected chi connectivity index (χ3v) is 4.54. The Morgan fingerprint density at radius 3 is 2.39 bits per heavy atom. The van der Waals surface area contributed by atoms with Crippen LogP contribution in [0.4, 0.5) is 0 Å². The third kappa shape index (κ3) is 4.17. The maximum absolute atomic E-state index is 12.2. The van der Waals surface area contributed by atoms with Crippen molar-refractivity contribution >= 4 is 22.2 Å². The van der Waals surface area contributed by atoms with E-state index in [0.29, 0.717) is 11.1 Å². The highest BCUT2D eigenvalue weighted by Crippen LogP contribution is 2.16. The monoisotopic (exact) mass is 332 g/mol. The Balaban J connectivity index is 2.15. The van der Waals surface area contributed by atoms with Gasteiger partial charge < -0.3 is 5.11 Å². The summed E-state index contributed by atoms with van der Waals surface area (Å²) in [5.41, 5.74) is 2.20. The average Bonchev–Trinajstić information content (AvgIpc) is 2.50. The number of nitrogens with zero attached hydrogens (tertiary/aromatic N) is 1. The van der Waals surface area contributed by atoms with Gasteiger partial charge in [-0.05, 0) is 48.7 Å². The normalized spacial score (nSPS) is 11.6. The van der Waals surface area contributed by atoms with Gasteiger partial charge in [-0.1, -0.05) is 24.3 Å². The molecule has 0 aliphatic heterocycles. The van der Waals surface area contributed by atoms with E-state index in [1.807, 2.05) is 13.0 Å². The summed E-state index contributed by atoms with van der Waals surface area (Å²) in [6.07, 6.45) is 1.31. The Bertz CT molecular complexity index is 856. The van der Waals surface area contributed by atoms with Crippen LogP contribution in [0.15, 0.2) is 52.5 Å². The minimum absolute atomic E-state index is 0.151. The van der Waals surface area contributed by atoms with Crippen LogP contribution < -0.4 is 4.83 Å². The predicted molar refractivity (Wildman–Crippen MR) is 87.2 cm³/mol. The quantitative estimate of drug-likeness (QED) is 0.649. The molecule has 0 aliphatic rings. The molecule has 0 spiro atoms. The van der Waals surface area contributed by atoms with E-state index in [2.05, 4.69) is 9.93 Å². The van der Waals surface area contributed by atoms with Gasteiger partial charge in [0.1, 0.15) is 0 Å². The van der Waals surface area contributed by atoms with Gasteiger partial charge in [0.15, 0.2) is 0 Å². The summed E-state index contributed by atoms with van der Waals surface area (Å²) >= 11 is 0. The first-order valence-electron chi connectivity index (χ1n) is 6.75. The topological polar surface area (TPSA) is 95.8 Å². The van der Waals surface area contributed by atoms with Gasteiger partial charge >= 0.3 is 5.97 Å². The molecule has 0 amide bonds. The number of carboxylic acid groups (broad SMARTS) is 1. The molecular formula is C16H16N2O4S. The van der Waals surface area contributed by atoms with E-state index < -0.39 is 16.0 Å². The van der Waals surface area contributed by atoms with Crippen molar-refractivity contribution in [1.82, 2.24) is 4.83 Å². The van der Waals surface area contributed by atoms with Gasteiger partial charge in [0.2, 0.25) is 0 Å². The van der Waals surface area contributed by atoms with Gasteiger partial charge in [-0.25, -0.2) is 9.63 Å². The molecule has 120 valence electrons. The number of aromatic carboxylic acids is 1. The molecule has 0 bridgehead atoms. The Kier molecular flexibility index (Phi) is 4.80. The molecule has 2 N–H and O–H groups in total. The number of carboxylic acids is 1. The number of hydrogen-bond donors (Lipinski definition) is 2. The summed E-state index contributed by atoms with van der Waals surface area (Å²) in [6, 6.07) is 11.1. The Labute approximate surface area is 134 Å². The molecule has 0 unspecified atom stereocenters. The lowest BCUT2D eigenvalue weighted by molar-refractivity contribution is 0.0697. The molecule has 0 aromatic heterocycles. The van der Waals surface area contributed by atoms with Crippen LogP contribution in [0.3, 0.4) is 0 Å². The summed E-state index contributed by atoms with van der Waals surface area (Å²) in [5.74, 6) is -1.02. The maximum atomic E-state index is 12.2. The molecule has 23 heavy (non-hydrogen) atoms. The molecule has 7 heteroatoms. The Morgan fingerprint density at radius 2 is 1.78 bits per heavy atom. The van der Waals surface area contributed by atoms with Crippen LogP contribution >= 0.6 is 0 Å². The molecule has 2 rings (SSSR count). The number of benzene rings is 2. The summed E-state index contributed by atoms with van der Waals surface area (Å²) in [6.45, 7) is 3.52. The number of sulfonamides is 1. The van der Waals surface area contributed by atoms with Crippen LogP contribution in [0.2, 0.25) is 0 Å². The molecule has 2 aromatic rings. The molecule has 0 fully saturated rings. The lowest BCUT2D eigenvalue weighted by Crippen LogP contribution is -2.19. The predicted octanol–water partition coefficient (Wildman–Crippen LogP) is 2.31. The highest BCUT2D eigenvalue weighted by atomic mass is 32.2. The Morgan fingerprint density at radius 1 is 1.13 bits per heavy atom. The van der Waals surface area contributed by atoms with Crippen LogP contribution in [0, 0.1) is 13.8 Å². The van der Waals surface area contributed by atoms with Crippen molar-refractivity contribution in [3.05, 3.63) is 64.7 Å². The van der Waals surface area contributed by atoms with Crippen molar-refractivity contribution in [1.29, 1.82) is 0 Å². The van der Waals surface area contributed by atoms with Crippen molar-refractivity contribution in [2.75, 3.05) is 0 Å². The zero-order valence-corrected chi connectivity index (χ0v) is 13.5. The van der Waals surface area contributed by atoms with Crippen LogP contribution in [0.5, 0.6) is 0 Å². The van der Waals surface area contributed by atoms with Gasteiger partial charge in [-0.3, -0.25) is 0 Å². The van der Waals surface area contributed by atoms with Crippen LogP contribution in [0.25, 0.3) is 0 Å². The van der Waals surface area contributed by atoms with Crippen molar-refractivity contribution in [3.63, 3.8) is 0 Å². The fourth-order valence-electron chi connectivity index (χ4n) is 1.93.